The second-order valence-electron chi connectivity index (χ2n) is 6.66. The Hall–Kier alpha value is -2.14. The average molecular weight is 312 g/mol. The van der Waals surface area contributed by atoms with Crippen molar-refractivity contribution in [2.24, 2.45) is 0 Å². The number of hydrogen-bond acceptors (Lipinski definition) is 5. The van der Waals surface area contributed by atoms with Gasteiger partial charge in [-0.15, -0.1) is 0 Å². The molecule has 2 N–H and O–H groups in total. The van der Waals surface area contributed by atoms with E-state index in [0.717, 1.165) is 36.6 Å². The molecule has 0 aliphatic carbocycles. The van der Waals surface area contributed by atoms with E-state index in [1.807, 2.05) is 40.0 Å². The maximum atomic E-state index is 10.2. The second kappa shape index (κ2) is 5.81. The van der Waals surface area contributed by atoms with Crippen LogP contribution >= 0.6 is 0 Å². The van der Waals surface area contributed by atoms with Crippen LogP contribution in [0.1, 0.15) is 36.2 Å². The third kappa shape index (κ3) is 3.29. The number of fused-ring (bicyclic) bond motifs is 1. The summed E-state index contributed by atoms with van der Waals surface area (Å²) in [6, 6.07) is 8.31. The van der Waals surface area contributed by atoms with Gasteiger partial charge in [0.1, 0.15) is 5.82 Å². The number of aliphatic hydroxyl groups is 1. The van der Waals surface area contributed by atoms with E-state index in [1.54, 1.807) is 0 Å². The molecule has 1 aliphatic rings. The molecule has 3 rings (SSSR count). The first-order valence-corrected chi connectivity index (χ1v) is 8.00. The largest absolute Gasteiger partial charge is 0.386 e. The smallest absolute Gasteiger partial charge is 0.224 e. The van der Waals surface area contributed by atoms with Gasteiger partial charge < -0.3 is 15.3 Å². The Morgan fingerprint density at radius 2 is 1.96 bits per heavy atom. The highest BCUT2D eigenvalue weighted by atomic mass is 16.3. The zero-order valence-electron chi connectivity index (χ0n) is 14.2. The maximum absolute atomic E-state index is 10.2. The number of rotatable bonds is 3. The van der Waals surface area contributed by atoms with E-state index in [2.05, 4.69) is 32.3 Å². The number of nitrogens with one attached hydrogen (secondary N) is 1. The monoisotopic (exact) mass is 312 g/mol. The summed E-state index contributed by atoms with van der Waals surface area (Å²) in [6.45, 7) is 7.39. The standard InChI is InChI=1S/C18H24N4O/c1-12-9-16(21-17(19-4)20-12)22-8-7-13-10-15(18(2,3)23)6-5-14(13)11-22/h5-6,9-10,23H,7-8,11H2,1-4H3,(H,19,20,21). The molecule has 0 saturated carbocycles. The number of aromatic nitrogens is 2. The van der Waals surface area contributed by atoms with Crippen molar-refractivity contribution in [3.05, 3.63) is 46.6 Å². The molecular weight excluding hydrogens is 288 g/mol. The van der Waals surface area contributed by atoms with Crippen molar-refractivity contribution in [3.8, 4) is 0 Å². The van der Waals surface area contributed by atoms with Gasteiger partial charge in [0.2, 0.25) is 5.95 Å². The zero-order valence-corrected chi connectivity index (χ0v) is 14.2. The first kappa shape index (κ1) is 15.7. The number of hydrogen-bond donors (Lipinski definition) is 2. The summed E-state index contributed by atoms with van der Waals surface area (Å²) in [6.07, 6.45) is 0.956. The molecule has 0 saturated heterocycles. The lowest BCUT2D eigenvalue weighted by Gasteiger charge is -2.31. The van der Waals surface area contributed by atoms with Gasteiger partial charge in [-0.2, -0.15) is 4.98 Å². The Morgan fingerprint density at radius 1 is 1.17 bits per heavy atom. The van der Waals surface area contributed by atoms with Gasteiger partial charge in [-0.25, -0.2) is 4.98 Å². The number of nitrogens with zero attached hydrogens (tertiary/aromatic N) is 3. The quantitative estimate of drug-likeness (QED) is 0.912. The normalized spacial score (nSPS) is 14.6. The van der Waals surface area contributed by atoms with Gasteiger partial charge in [0.05, 0.1) is 5.60 Å². The highest BCUT2D eigenvalue weighted by Crippen LogP contribution is 2.28. The molecule has 0 bridgehead atoms. The summed E-state index contributed by atoms with van der Waals surface area (Å²) < 4.78 is 0. The third-order valence-corrected chi connectivity index (χ3v) is 4.31. The van der Waals surface area contributed by atoms with Crippen molar-refractivity contribution >= 4 is 11.8 Å². The molecule has 1 aliphatic heterocycles. The summed E-state index contributed by atoms with van der Waals surface area (Å²) in [5.41, 5.74) is 3.76. The van der Waals surface area contributed by atoms with Crippen LogP contribution in [-0.2, 0) is 18.6 Å². The van der Waals surface area contributed by atoms with Crippen LogP contribution in [-0.4, -0.2) is 28.7 Å². The molecule has 0 fully saturated rings. The average Bonchev–Trinajstić information content (AvgIpc) is 2.52. The van der Waals surface area contributed by atoms with Gasteiger partial charge in [-0.05, 0) is 43.9 Å². The van der Waals surface area contributed by atoms with Crippen LogP contribution in [0.2, 0.25) is 0 Å². The fourth-order valence-electron chi connectivity index (χ4n) is 2.95. The van der Waals surface area contributed by atoms with Crippen LogP contribution in [0.3, 0.4) is 0 Å². The second-order valence-corrected chi connectivity index (χ2v) is 6.66. The molecule has 0 radical (unpaired) electrons. The van der Waals surface area contributed by atoms with E-state index in [-0.39, 0.29) is 0 Å². The van der Waals surface area contributed by atoms with Crippen LogP contribution in [0.15, 0.2) is 24.3 Å². The van der Waals surface area contributed by atoms with Crippen molar-refractivity contribution in [2.45, 2.75) is 39.3 Å². The summed E-state index contributed by atoms with van der Waals surface area (Å²) in [5, 5.41) is 13.2. The van der Waals surface area contributed by atoms with Crippen LogP contribution in [0, 0.1) is 6.92 Å². The number of aryl methyl sites for hydroxylation is 1. The summed E-state index contributed by atoms with van der Waals surface area (Å²) in [4.78, 5) is 11.2. The van der Waals surface area contributed by atoms with Crippen molar-refractivity contribution in [1.82, 2.24) is 9.97 Å². The minimum Gasteiger partial charge on any atom is -0.386 e. The van der Waals surface area contributed by atoms with Gasteiger partial charge in [-0.1, -0.05) is 18.2 Å². The van der Waals surface area contributed by atoms with Gasteiger partial charge in [0.15, 0.2) is 0 Å². The van der Waals surface area contributed by atoms with Crippen LogP contribution < -0.4 is 10.2 Å². The number of benzene rings is 1. The van der Waals surface area contributed by atoms with Gasteiger partial charge >= 0.3 is 0 Å². The van der Waals surface area contributed by atoms with Crippen LogP contribution in [0.25, 0.3) is 0 Å². The Bertz CT molecular complexity index is 721. The molecule has 5 nitrogen and oxygen atoms in total. The Morgan fingerprint density at radius 3 is 2.65 bits per heavy atom. The molecule has 23 heavy (non-hydrogen) atoms. The van der Waals surface area contributed by atoms with Crippen molar-refractivity contribution in [3.63, 3.8) is 0 Å². The Balaban J connectivity index is 1.87. The molecule has 122 valence electrons. The molecule has 0 unspecified atom stereocenters. The fourth-order valence-corrected chi connectivity index (χ4v) is 2.95. The summed E-state index contributed by atoms with van der Waals surface area (Å²) in [5.74, 6) is 1.61. The predicted octanol–water partition coefficient (Wildman–Crippen LogP) is 2.62. The third-order valence-electron chi connectivity index (χ3n) is 4.31. The first-order chi connectivity index (χ1) is 10.9. The molecule has 2 aromatic rings. The van der Waals surface area contributed by atoms with E-state index in [1.165, 1.54) is 11.1 Å². The van der Waals surface area contributed by atoms with E-state index in [4.69, 9.17) is 0 Å². The molecule has 1 aromatic carbocycles. The van der Waals surface area contributed by atoms with Gasteiger partial charge in [0, 0.05) is 31.9 Å². The van der Waals surface area contributed by atoms with E-state index in [9.17, 15) is 5.11 Å². The van der Waals surface area contributed by atoms with E-state index in [0.29, 0.717) is 5.95 Å². The lowest BCUT2D eigenvalue weighted by atomic mass is 9.91. The Labute approximate surface area is 137 Å². The Kier molecular flexibility index (Phi) is 3.98. The van der Waals surface area contributed by atoms with Crippen LogP contribution in [0.5, 0.6) is 0 Å². The number of anilines is 2. The molecule has 1 aromatic heterocycles. The van der Waals surface area contributed by atoms with Crippen molar-refractivity contribution in [1.29, 1.82) is 0 Å². The highest BCUT2D eigenvalue weighted by molar-refractivity contribution is 5.48. The maximum Gasteiger partial charge on any atom is 0.224 e. The van der Waals surface area contributed by atoms with Gasteiger partial charge in [0.25, 0.3) is 0 Å². The predicted molar refractivity (Wildman–Crippen MR) is 92.8 cm³/mol. The summed E-state index contributed by atoms with van der Waals surface area (Å²) >= 11 is 0. The van der Waals surface area contributed by atoms with E-state index >= 15 is 0 Å². The minimum absolute atomic E-state index is 0.656. The van der Waals surface area contributed by atoms with Crippen molar-refractivity contribution < 1.29 is 5.11 Å². The topological polar surface area (TPSA) is 61.3 Å². The van der Waals surface area contributed by atoms with Crippen LogP contribution in [0.4, 0.5) is 11.8 Å². The minimum atomic E-state index is -0.794. The zero-order chi connectivity index (χ0) is 16.6. The molecule has 0 spiro atoms. The first-order valence-electron chi connectivity index (χ1n) is 8.00. The summed E-state index contributed by atoms with van der Waals surface area (Å²) in [7, 11) is 1.84. The molecule has 5 heteroatoms. The van der Waals surface area contributed by atoms with E-state index < -0.39 is 5.60 Å². The van der Waals surface area contributed by atoms with Gasteiger partial charge in [-0.3, -0.25) is 0 Å². The molecule has 0 atom stereocenters. The molecular formula is C18H24N4O. The fraction of sp³-hybridized carbons (Fsp3) is 0.444. The lowest BCUT2D eigenvalue weighted by molar-refractivity contribution is 0.0785. The van der Waals surface area contributed by atoms with Crippen molar-refractivity contribution in [2.75, 3.05) is 23.8 Å². The molecule has 0 amide bonds. The lowest BCUT2D eigenvalue weighted by Crippen LogP contribution is -2.31. The molecule has 2 heterocycles. The highest BCUT2D eigenvalue weighted by Gasteiger charge is 2.22. The SMILES string of the molecule is CNc1nc(C)cc(N2CCc3cc(C(C)(C)O)ccc3C2)n1.